The van der Waals surface area contributed by atoms with E-state index < -0.39 is 11.3 Å². The molecule has 0 radical (unpaired) electrons. The lowest BCUT2D eigenvalue weighted by Crippen LogP contribution is -2.49. The molecule has 1 heterocycles. The highest BCUT2D eigenvalue weighted by molar-refractivity contribution is 6.25. The van der Waals surface area contributed by atoms with Crippen molar-refractivity contribution in [3.63, 3.8) is 0 Å². The molecular formula is C34H28N2O3. The summed E-state index contributed by atoms with van der Waals surface area (Å²) >= 11 is 0. The van der Waals surface area contributed by atoms with Crippen molar-refractivity contribution in [2.24, 2.45) is 11.3 Å². The summed E-state index contributed by atoms with van der Waals surface area (Å²) in [6.07, 6.45) is 0. The molecule has 0 aromatic heterocycles. The van der Waals surface area contributed by atoms with Crippen molar-refractivity contribution in [2.75, 3.05) is 10.2 Å². The van der Waals surface area contributed by atoms with Crippen molar-refractivity contribution in [1.82, 2.24) is 0 Å². The van der Waals surface area contributed by atoms with Gasteiger partial charge in [0.25, 0.3) is 5.91 Å². The molecule has 2 bridgehead atoms. The predicted octanol–water partition coefficient (Wildman–Crippen LogP) is 6.34. The maximum atomic E-state index is 14.3. The molecule has 5 heteroatoms. The molecule has 4 aromatic carbocycles. The Labute approximate surface area is 227 Å². The average Bonchev–Trinajstić information content (AvgIpc) is 3.13. The smallest absolute Gasteiger partial charge is 0.255 e. The van der Waals surface area contributed by atoms with Gasteiger partial charge in [-0.3, -0.25) is 14.4 Å². The van der Waals surface area contributed by atoms with Crippen LogP contribution in [0, 0.1) is 25.2 Å². The molecule has 1 aliphatic heterocycles. The number of carbonyl (C=O) groups is 3. The molecular weight excluding hydrogens is 484 g/mol. The SMILES string of the molecule is Cc1cc(C)cc(NC(=O)c2cccc(N3C(=O)[C@H]4C5c6ccccc6C(c6ccccc65)[C@]4(C)C3=O)c2)c1. The number of imide groups is 1. The number of hydrogen-bond acceptors (Lipinski definition) is 3. The fraction of sp³-hybridized carbons (Fsp3) is 0.206. The molecule has 1 fully saturated rings. The Kier molecular flexibility index (Phi) is 4.99. The van der Waals surface area contributed by atoms with Crippen LogP contribution < -0.4 is 10.2 Å². The zero-order chi connectivity index (χ0) is 27.1. The van der Waals surface area contributed by atoms with Crippen LogP contribution in [0.15, 0.2) is 91.0 Å². The van der Waals surface area contributed by atoms with E-state index >= 15 is 0 Å². The second-order valence-corrected chi connectivity index (χ2v) is 11.3. The maximum Gasteiger partial charge on any atom is 0.255 e. The van der Waals surface area contributed by atoms with E-state index in [2.05, 4.69) is 29.6 Å². The van der Waals surface area contributed by atoms with Gasteiger partial charge in [-0.1, -0.05) is 60.7 Å². The van der Waals surface area contributed by atoms with E-state index in [0.717, 1.165) is 33.4 Å². The summed E-state index contributed by atoms with van der Waals surface area (Å²) in [6, 6.07) is 29.1. The molecule has 4 aromatic rings. The number of carbonyl (C=O) groups excluding carboxylic acids is 3. The second kappa shape index (κ2) is 8.24. The van der Waals surface area contributed by atoms with Gasteiger partial charge in [0.2, 0.25) is 11.8 Å². The van der Waals surface area contributed by atoms with Crippen molar-refractivity contribution >= 4 is 29.1 Å². The zero-order valence-electron chi connectivity index (χ0n) is 22.1. The van der Waals surface area contributed by atoms with Crippen molar-refractivity contribution in [2.45, 2.75) is 32.6 Å². The third kappa shape index (κ3) is 3.22. The van der Waals surface area contributed by atoms with Crippen LogP contribution in [0.4, 0.5) is 11.4 Å². The Morgan fingerprint density at radius 1 is 0.769 bits per heavy atom. The highest BCUT2D eigenvalue weighted by Crippen LogP contribution is 2.67. The number of benzene rings is 4. The van der Waals surface area contributed by atoms with Crippen LogP contribution >= 0.6 is 0 Å². The van der Waals surface area contributed by atoms with Gasteiger partial charge in [-0.05, 0) is 84.5 Å². The quantitative estimate of drug-likeness (QED) is 0.326. The van der Waals surface area contributed by atoms with Crippen LogP contribution in [0.1, 0.15) is 62.5 Å². The summed E-state index contributed by atoms with van der Waals surface area (Å²) in [4.78, 5) is 43.1. The number of rotatable bonds is 3. The largest absolute Gasteiger partial charge is 0.322 e. The van der Waals surface area contributed by atoms with Gasteiger partial charge in [-0.2, -0.15) is 0 Å². The molecule has 192 valence electrons. The molecule has 3 amide bonds. The van der Waals surface area contributed by atoms with Crippen LogP contribution in [0.25, 0.3) is 0 Å². The summed E-state index contributed by atoms with van der Waals surface area (Å²) in [7, 11) is 0. The van der Waals surface area contributed by atoms with E-state index in [1.807, 2.05) is 63.2 Å². The number of nitrogens with one attached hydrogen (secondary N) is 1. The normalized spacial score (nSPS) is 24.3. The van der Waals surface area contributed by atoms with Gasteiger partial charge in [-0.25, -0.2) is 4.90 Å². The van der Waals surface area contributed by atoms with Gasteiger partial charge >= 0.3 is 0 Å². The van der Waals surface area contributed by atoms with Crippen molar-refractivity contribution in [1.29, 1.82) is 0 Å². The van der Waals surface area contributed by atoms with Gasteiger partial charge in [0, 0.05) is 23.1 Å². The number of hydrogen-bond donors (Lipinski definition) is 1. The number of amides is 3. The average molecular weight is 513 g/mol. The number of anilines is 2. The number of nitrogens with zero attached hydrogens (tertiary/aromatic N) is 1. The molecule has 1 N–H and O–H groups in total. The maximum absolute atomic E-state index is 14.3. The topological polar surface area (TPSA) is 66.5 Å². The summed E-state index contributed by atoms with van der Waals surface area (Å²) in [5, 5.41) is 2.96. The van der Waals surface area contributed by atoms with Crippen LogP contribution in [0.3, 0.4) is 0 Å². The van der Waals surface area contributed by atoms with Crippen LogP contribution in [0.5, 0.6) is 0 Å². The van der Waals surface area contributed by atoms with Gasteiger partial charge in [0.05, 0.1) is 17.0 Å². The van der Waals surface area contributed by atoms with E-state index in [-0.39, 0.29) is 29.6 Å². The molecule has 0 spiro atoms. The molecule has 4 aliphatic rings. The molecule has 8 rings (SSSR count). The molecule has 0 saturated carbocycles. The summed E-state index contributed by atoms with van der Waals surface area (Å²) in [6.45, 7) is 5.92. The standard InChI is InChI=1S/C34H28N2O3/c1-19-15-20(2)17-22(16-19)35-31(37)21-9-8-10-23(18-21)36-32(38)30-28-24-11-4-6-13-26(24)29(34(30,3)33(36)39)27-14-7-5-12-25(27)28/h4-18,28-30H,1-3H3,(H,35,37)/t28?,29?,30-,34+/m1/s1. The van der Waals surface area contributed by atoms with Gasteiger partial charge in [0.15, 0.2) is 0 Å². The van der Waals surface area contributed by atoms with E-state index in [0.29, 0.717) is 16.9 Å². The molecule has 0 unspecified atom stereocenters. The Morgan fingerprint density at radius 3 is 1.97 bits per heavy atom. The minimum absolute atomic E-state index is 0.190. The van der Waals surface area contributed by atoms with E-state index in [4.69, 9.17) is 0 Å². The highest BCUT2D eigenvalue weighted by atomic mass is 16.2. The van der Waals surface area contributed by atoms with Crippen molar-refractivity contribution in [3.05, 3.63) is 130 Å². The fourth-order valence-corrected chi connectivity index (χ4v) is 7.40. The third-order valence-corrected chi connectivity index (χ3v) is 8.86. The molecule has 3 aliphatic carbocycles. The first-order valence-electron chi connectivity index (χ1n) is 13.3. The molecule has 39 heavy (non-hydrogen) atoms. The van der Waals surface area contributed by atoms with E-state index in [1.165, 1.54) is 4.90 Å². The van der Waals surface area contributed by atoms with Crippen LogP contribution in [-0.2, 0) is 9.59 Å². The molecule has 1 saturated heterocycles. The van der Waals surface area contributed by atoms with Crippen LogP contribution in [-0.4, -0.2) is 17.7 Å². The Balaban J connectivity index is 1.29. The molecule has 2 atom stereocenters. The zero-order valence-corrected chi connectivity index (χ0v) is 22.1. The van der Waals surface area contributed by atoms with E-state index in [1.54, 1.807) is 24.3 Å². The van der Waals surface area contributed by atoms with Gasteiger partial charge < -0.3 is 5.32 Å². The Hall–Kier alpha value is -4.51. The first-order valence-corrected chi connectivity index (χ1v) is 13.3. The first kappa shape index (κ1) is 23.6. The lowest BCUT2D eigenvalue weighted by Gasteiger charge is -2.51. The van der Waals surface area contributed by atoms with Crippen molar-refractivity contribution in [3.8, 4) is 0 Å². The second-order valence-electron chi connectivity index (χ2n) is 11.3. The van der Waals surface area contributed by atoms with Crippen LogP contribution in [0.2, 0.25) is 0 Å². The lowest BCUT2D eigenvalue weighted by atomic mass is 9.48. The summed E-state index contributed by atoms with van der Waals surface area (Å²) in [5.74, 6) is -1.60. The van der Waals surface area contributed by atoms with E-state index in [9.17, 15) is 14.4 Å². The van der Waals surface area contributed by atoms with Gasteiger partial charge in [0.1, 0.15) is 0 Å². The minimum atomic E-state index is -0.915. The van der Waals surface area contributed by atoms with Crippen molar-refractivity contribution < 1.29 is 14.4 Å². The summed E-state index contributed by atoms with van der Waals surface area (Å²) < 4.78 is 0. The number of aryl methyl sites for hydroxylation is 2. The molecule has 5 nitrogen and oxygen atoms in total. The lowest BCUT2D eigenvalue weighted by molar-refractivity contribution is -0.128. The Bertz CT molecular complexity index is 1660. The van der Waals surface area contributed by atoms with Gasteiger partial charge in [-0.15, -0.1) is 0 Å². The highest BCUT2D eigenvalue weighted by Gasteiger charge is 2.68. The first-order chi connectivity index (χ1) is 18.8. The predicted molar refractivity (Wildman–Crippen MR) is 151 cm³/mol. The minimum Gasteiger partial charge on any atom is -0.322 e. The fourth-order valence-electron chi connectivity index (χ4n) is 7.40. The Morgan fingerprint density at radius 2 is 1.36 bits per heavy atom. The monoisotopic (exact) mass is 512 g/mol. The third-order valence-electron chi connectivity index (χ3n) is 8.86. The summed E-state index contributed by atoms with van der Waals surface area (Å²) in [5.41, 5.74) is 7.25.